The molecule has 3 aliphatic heterocycles. The average Bonchev–Trinajstić information content (AvgIpc) is 2.92. The van der Waals surface area contributed by atoms with E-state index in [1.807, 2.05) is 25.1 Å². The molecule has 0 saturated carbocycles. The van der Waals surface area contributed by atoms with E-state index in [4.69, 9.17) is 24.2 Å². The van der Waals surface area contributed by atoms with Crippen LogP contribution in [0, 0.1) is 11.3 Å². The Balaban J connectivity index is 1.75. The molecule has 0 radical (unpaired) electrons. The van der Waals surface area contributed by atoms with E-state index in [9.17, 15) is 10.1 Å². The molecule has 1 unspecified atom stereocenters. The van der Waals surface area contributed by atoms with E-state index in [2.05, 4.69) is 21.2 Å². The van der Waals surface area contributed by atoms with Crippen LogP contribution in [0.2, 0.25) is 0 Å². The molecule has 0 aliphatic carbocycles. The lowest BCUT2D eigenvalue weighted by Crippen LogP contribution is -2.41. The van der Waals surface area contributed by atoms with Crippen LogP contribution in [0.15, 0.2) is 35.5 Å². The molecule has 1 atom stereocenters. The Bertz CT molecular complexity index is 1190. The summed E-state index contributed by atoms with van der Waals surface area (Å²) in [5.41, 5.74) is 3.05. The van der Waals surface area contributed by atoms with Crippen molar-refractivity contribution >= 4 is 23.6 Å². The van der Waals surface area contributed by atoms with E-state index in [0.717, 1.165) is 16.9 Å². The van der Waals surface area contributed by atoms with E-state index in [0.29, 0.717) is 81.2 Å². The average molecular weight is 477 g/mol. The molecule has 0 amide bonds. The van der Waals surface area contributed by atoms with Gasteiger partial charge in [0.25, 0.3) is 0 Å². The number of nitrogens with one attached hydrogen (secondary N) is 1. The summed E-state index contributed by atoms with van der Waals surface area (Å²) in [6.07, 6.45) is 0. The number of benzene rings is 1. The molecule has 35 heavy (non-hydrogen) atoms. The fourth-order valence-electron chi connectivity index (χ4n) is 4.88. The van der Waals surface area contributed by atoms with E-state index in [-0.39, 0.29) is 0 Å². The van der Waals surface area contributed by atoms with Crippen LogP contribution in [0.1, 0.15) is 29.5 Å². The summed E-state index contributed by atoms with van der Waals surface area (Å²) in [6, 6.07) is 9.62. The van der Waals surface area contributed by atoms with Crippen molar-refractivity contribution in [3.63, 3.8) is 0 Å². The molecule has 2 saturated heterocycles. The first kappa shape index (κ1) is 23.1. The first-order valence-electron chi connectivity index (χ1n) is 11.7. The van der Waals surface area contributed by atoms with Gasteiger partial charge in [-0.2, -0.15) is 15.2 Å². The van der Waals surface area contributed by atoms with Gasteiger partial charge in [0.2, 0.25) is 5.95 Å². The summed E-state index contributed by atoms with van der Waals surface area (Å²) in [5.74, 6) is 0.960. The van der Waals surface area contributed by atoms with Gasteiger partial charge in [0.15, 0.2) is 0 Å². The molecule has 5 rings (SSSR count). The van der Waals surface area contributed by atoms with Crippen molar-refractivity contribution in [1.82, 2.24) is 9.97 Å². The highest BCUT2D eigenvalue weighted by molar-refractivity contribution is 5.95. The van der Waals surface area contributed by atoms with E-state index in [1.165, 1.54) is 7.11 Å². The van der Waals surface area contributed by atoms with Gasteiger partial charge in [-0.05, 0) is 18.6 Å². The number of aromatic nitrogens is 2. The van der Waals surface area contributed by atoms with E-state index < -0.39 is 11.9 Å². The Morgan fingerprint density at radius 3 is 2.40 bits per heavy atom. The monoisotopic (exact) mass is 476 g/mol. The lowest BCUT2D eigenvalue weighted by molar-refractivity contribution is -0.136. The van der Waals surface area contributed by atoms with Gasteiger partial charge in [0, 0.05) is 37.4 Å². The molecule has 4 heterocycles. The summed E-state index contributed by atoms with van der Waals surface area (Å²) in [7, 11) is 1.37. The minimum absolute atomic E-state index is 0.444. The lowest BCUT2D eigenvalue weighted by Gasteiger charge is -2.37. The van der Waals surface area contributed by atoms with Crippen LogP contribution in [-0.2, 0) is 19.0 Å². The highest BCUT2D eigenvalue weighted by atomic mass is 16.5. The number of fused-ring (bicyclic) bond motifs is 1. The number of hydrogen-bond acceptors (Lipinski definition) is 10. The zero-order valence-corrected chi connectivity index (χ0v) is 19.9. The fraction of sp³-hybridized carbons (Fsp3) is 0.440. The molecule has 1 aromatic carbocycles. The van der Waals surface area contributed by atoms with Gasteiger partial charge in [-0.3, -0.25) is 0 Å². The first-order valence-corrected chi connectivity index (χ1v) is 11.7. The van der Waals surface area contributed by atoms with Crippen LogP contribution >= 0.6 is 0 Å². The number of methoxy groups -OCH3 is 1. The standard InChI is InChI=1S/C25H28N6O4/c1-16-19(24(32)33-2)20(18-6-4-3-5-17(18)15-26)21-22(27-16)28-25(31-9-13-35-14-10-31)29-23(21)30-7-11-34-12-8-30/h3-6,20H,7-14H2,1-2H3,(H,27,28,29). The SMILES string of the molecule is COC(=O)C1=C(C)Nc2nc(N3CCOCC3)nc(N3CCOCC3)c2C1c1ccccc1C#N. The van der Waals surface area contributed by atoms with Crippen LogP contribution in [-0.4, -0.2) is 75.7 Å². The lowest BCUT2D eigenvalue weighted by atomic mass is 9.80. The van der Waals surface area contributed by atoms with Crippen LogP contribution in [0.4, 0.5) is 17.6 Å². The Hall–Kier alpha value is -3.68. The third-order valence-corrected chi connectivity index (χ3v) is 6.60. The number of hydrogen-bond donors (Lipinski definition) is 1. The molecule has 2 aromatic rings. The molecular formula is C25H28N6O4. The van der Waals surface area contributed by atoms with Crippen molar-refractivity contribution in [2.75, 3.05) is 74.8 Å². The number of nitrogens with zero attached hydrogens (tertiary/aromatic N) is 5. The molecule has 1 N–H and O–H groups in total. The summed E-state index contributed by atoms with van der Waals surface area (Å²) in [5, 5.41) is 13.3. The van der Waals surface area contributed by atoms with Gasteiger partial charge in [-0.1, -0.05) is 18.2 Å². The van der Waals surface area contributed by atoms with Crippen molar-refractivity contribution in [2.45, 2.75) is 12.8 Å². The van der Waals surface area contributed by atoms with Crippen molar-refractivity contribution in [3.8, 4) is 6.07 Å². The second-order valence-electron chi connectivity index (χ2n) is 8.60. The van der Waals surface area contributed by atoms with E-state index >= 15 is 0 Å². The van der Waals surface area contributed by atoms with Gasteiger partial charge < -0.3 is 29.3 Å². The number of morpholine rings is 2. The normalized spacial score (nSPS) is 20.1. The highest BCUT2D eigenvalue weighted by Crippen LogP contribution is 2.47. The van der Waals surface area contributed by atoms with Crippen molar-refractivity contribution in [2.24, 2.45) is 0 Å². The van der Waals surface area contributed by atoms with Crippen LogP contribution < -0.4 is 15.1 Å². The van der Waals surface area contributed by atoms with Gasteiger partial charge in [0.05, 0.1) is 56.7 Å². The number of nitriles is 1. The molecule has 0 bridgehead atoms. The molecule has 3 aliphatic rings. The minimum atomic E-state index is -0.564. The van der Waals surface area contributed by atoms with Crippen molar-refractivity contribution in [3.05, 3.63) is 52.2 Å². The summed E-state index contributed by atoms with van der Waals surface area (Å²) >= 11 is 0. The van der Waals surface area contributed by atoms with Crippen LogP contribution in [0.25, 0.3) is 0 Å². The third-order valence-electron chi connectivity index (χ3n) is 6.60. The zero-order valence-electron chi connectivity index (χ0n) is 19.9. The van der Waals surface area contributed by atoms with E-state index in [1.54, 1.807) is 6.07 Å². The predicted molar refractivity (Wildman–Crippen MR) is 129 cm³/mol. The molecule has 0 spiro atoms. The zero-order chi connectivity index (χ0) is 24.4. The van der Waals surface area contributed by atoms with Crippen molar-refractivity contribution in [1.29, 1.82) is 5.26 Å². The number of ether oxygens (including phenoxy) is 3. The second kappa shape index (κ2) is 9.90. The van der Waals surface area contributed by atoms with Gasteiger partial charge in [-0.25, -0.2) is 4.79 Å². The Morgan fingerprint density at radius 1 is 1.09 bits per heavy atom. The smallest absolute Gasteiger partial charge is 0.336 e. The number of rotatable bonds is 4. The minimum Gasteiger partial charge on any atom is -0.466 e. The van der Waals surface area contributed by atoms with Crippen LogP contribution in [0.3, 0.4) is 0 Å². The Labute approximate surface area is 204 Å². The summed E-state index contributed by atoms with van der Waals surface area (Å²) in [6.45, 7) is 6.95. The predicted octanol–water partition coefficient (Wildman–Crippen LogP) is 2.03. The molecule has 1 aromatic heterocycles. The van der Waals surface area contributed by atoms with Crippen LogP contribution in [0.5, 0.6) is 0 Å². The van der Waals surface area contributed by atoms with Crippen molar-refractivity contribution < 1.29 is 19.0 Å². The molecule has 2 fully saturated rings. The van der Waals surface area contributed by atoms with Gasteiger partial charge >= 0.3 is 5.97 Å². The molecule has 182 valence electrons. The molecule has 10 heteroatoms. The number of carbonyl (C=O) groups is 1. The first-order chi connectivity index (χ1) is 17.1. The maximum Gasteiger partial charge on any atom is 0.336 e. The topological polar surface area (TPSA) is 113 Å². The fourth-order valence-corrected chi connectivity index (χ4v) is 4.88. The van der Waals surface area contributed by atoms with Gasteiger partial charge in [-0.15, -0.1) is 0 Å². The van der Waals surface area contributed by atoms with Gasteiger partial charge in [0.1, 0.15) is 11.6 Å². The number of esters is 1. The molecular weight excluding hydrogens is 448 g/mol. The Morgan fingerprint density at radius 2 is 1.74 bits per heavy atom. The number of carbonyl (C=O) groups excluding carboxylic acids is 1. The summed E-state index contributed by atoms with van der Waals surface area (Å²) < 4.78 is 16.3. The molecule has 10 nitrogen and oxygen atoms in total. The highest BCUT2D eigenvalue weighted by Gasteiger charge is 2.39. The summed E-state index contributed by atoms with van der Waals surface area (Å²) in [4.78, 5) is 27.3. The largest absolute Gasteiger partial charge is 0.466 e. The number of anilines is 3. The quantitative estimate of drug-likeness (QED) is 0.658. The maximum absolute atomic E-state index is 13.1. The Kier molecular flexibility index (Phi) is 6.53. The second-order valence-corrected chi connectivity index (χ2v) is 8.60. The maximum atomic E-state index is 13.1. The third kappa shape index (κ3) is 4.29. The number of allylic oxidation sites excluding steroid dienone is 1.